The molecule has 0 aromatic heterocycles. The largest absolute Gasteiger partial charge is 0.493 e. The third-order valence-electron chi connectivity index (χ3n) is 7.13. The number of benzene rings is 2. The minimum absolute atomic E-state index is 0.0768. The lowest BCUT2D eigenvalue weighted by Crippen LogP contribution is -2.39. The van der Waals surface area contributed by atoms with E-state index in [9.17, 15) is 26.4 Å². The molecule has 1 aliphatic heterocycles. The highest BCUT2D eigenvalue weighted by atomic mass is 32.2. The van der Waals surface area contributed by atoms with Crippen molar-refractivity contribution >= 4 is 16.0 Å². The number of aliphatic hydroxyl groups excluding tert-OH is 1. The molecule has 1 saturated heterocycles. The van der Waals surface area contributed by atoms with Crippen LogP contribution in [0.5, 0.6) is 11.5 Å². The number of rotatable bonds is 11. The van der Waals surface area contributed by atoms with Gasteiger partial charge in [-0.3, -0.25) is 13.9 Å². The molecule has 0 bridgehead atoms. The Balaban J connectivity index is 0.000000871. The van der Waals surface area contributed by atoms with Gasteiger partial charge < -0.3 is 19.9 Å². The summed E-state index contributed by atoms with van der Waals surface area (Å²) in [5, 5.41) is 11.8. The van der Waals surface area contributed by atoms with Gasteiger partial charge in [0.2, 0.25) is 5.91 Å². The summed E-state index contributed by atoms with van der Waals surface area (Å²) in [6.07, 6.45) is -2.87. The molecule has 1 heterocycles. The molecule has 53 heavy (non-hydrogen) atoms. The second-order valence-electron chi connectivity index (χ2n) is 16.5. The third kappa shape index (κ3) is 25.5. The average Bonchev–Trinajstić information content (AvgIpc) is 3.85. The fraction of sp³-hybridized carbons (Fsp3) is 0.625. The second-order valence-corrected chi connectivity index (χ2v) is 18.1. The maximum atomic E-state index is 12.2. The molecule has 1 amide bonds. The highest BCUT2D eigenvalue weighted by Gasteiger charge is 2.29. The Morgan fingerprint density at radius 2 is 1.30 bits per heavy atom. The van der Waals surface area contributed by atoms with Crippen molar-refractivity contribution < 1.29 is 45.1 Å². The molecular weight excluding hydrogens is 710 g/mol. The summed E-state index contributed by atoms with van der Waals surface area (Å²) in [5.74, 6) is 1.12. The molecule has 0 radical (unpaired) electrons. The first kappa shape index (κ1) is 49.9. The van der Waals surface area contributed by atoms with E-state index >= 15 is 0 Å². The Hall–Kier alpha value is -3.13. The number of ether oxygens (including phenoxy) is 2. The van der Waals surface area contributed by atoms with Gasteiger partial charge >= 0.3 is 6.18 Å². The van der Waals surface area contributed by atoms with Crippen molar-refractivity contribution in [3.05, 3.63) is 72.3 Å². The van der Waals surface area contributed by atoms with E-state index in [4.69, 9.17) is 14.6 Å². The van der Waals surface area contributed by atoms with Crippen molar-refractivity contribution in [2.45, 2.75) is 118 Å². The highest BCUT2D eigenvalue weighted by molar-refractivity contribution is 7.86. The van der Waals surface area contributed by atoms with Crippen LogP contribution in [0.4, 0.5) is 13.2 Å². The number of nitrogens with one attached hydrogen (secondary N) is 1. The van der Waals surface area contributed by atoms with E-state index < -0.39 is 28.3 Å². The molecule has 0 spiro atoms. The molecule has 0 aliphatic carbocycles. The summed E-state index contributed by atoms with van der Waals surface area (Å²) in [6.45, 7) is 29.8. The Bertz CT molecular complexity index is 1470. The van der Waals surface area contributed by atoms with E-state index in [2.05, 4.69) is 55.6 Å². The molecule has 2 aromatic rings. The summed E-state index contributed by atoms with van der Waals surface area (Å²) in [6, 6.07) is 14.9. The van der Waals surface area contributed by atoms with Gasteiger partial charge in [0, 0.05) is 42.1 Å². The summed E-state index contributed by atoms with van der Waals surface area (Å²) < 4.78 is 72.9. The minimum atomic E-state index is -4.21. The van der Waals surface area contributed by atoms with Crippen LogP contribution >= 0.6 is 0 Å². The lowest BCUT2D eigenvalue weighted by Gasteiger charge is -2.26. The van der Waals surface area contributed by atoms with Crippen molar-refractivity contribution in [2.75, 3.05) is 39.2 Å². The fourth-order valence-electron chi connectivity index (χ4n) is 4.27. The Labute approximate surface area is 317 Å². The van der Waals surface area contributed by atoms with Crippen LogP contribution in [0.25, 0.3) is 0 Å². The molecule has 1 fully saturated rings. The predicted octanol–water partition coefficient (Wildman–Crippen LogP) is 8.30. The van der Waals surface area contributed by atoms with Gasteiger partial charge in [-0.25, -0.2) is 0 Å². The summed E-state index contributed by atoms with van der Waals surface area (Å²) in [5.41, 5.74) is 1.51. The smallest absolute Gasteiger partial charge is 0.392 e. The van der Waals surface area contributed by atoms with E-state index in [0.717, 1.165) is 23.1 Å². The Morgan fingerprint density at radius 1 is 0.868 bits per heavy atom. The van der Waals surface area contributed by atoms with E-state index in [0.29, 0.717) is 17.9 Å². The average molecular weight is 775 g/mol. The zero-order chi connectivity index (χ0) is 41.5. The molecule has 13 heteroatoms. The topological polar surface area (TPSA) is 114 Å². The SMILES string of the molecule is C=CC(=O)NC(C)(C)C.CC(C)(C)N1CC1.CC(C)(C)OS(C)(=O)=O.CC(CO)COc1ccc(C(C)(C)c2ccc(OCCC(F)(F)F)cc2)cc1. The first-order valence-electron chi connectivity index (χ1n) is 17.6. The second kappa shape index (κ2) is 21.1. The van der Waals surface area contributed by atoms with E-state index in [-0.39, 0.29) is 36.0 Å². The molecule has 304 valence electrons. The van der Waals surface area contributed by atoms with Gasteiger partial charge in [0.25, 0.3) is 10.1 Å². The van der Waals surface area contributed by atoms with Crippen molar-refractivity contribution in [1.82, 2.24) is 10.2 Å². The van der Waals surface area contributed by atoms with Crippen LogP contribution in [0.15, 0.2) is 61.2 Å². The van der Waals surface area contributed by atoms with Crippen LogP contribution in [0, 0.1) is 5.92 Å². The standard InChI is InChI=1S/C22H27F3O3.C7H13NO.C6H13N.C5H12O3S/c1-16(14-26)15-28-20-10-6-18(7-11-20)21(2,3)17-4-8-19(9-5-17)27-13-12-22(23,24)25;1-5-6(9)8-7(2,3)4;1-6(2,3)7-4-5-7;1-5(2,3)8-9(4,6)7/h4-11,16,26H,12-15H2,1-3H3;5H,1H2,2-4H3,(H,8,9);4-5H2,1-3H3;1-4H3. The zero-order valence-electron chi connectivity index (χ0n) is 34.1. The normalized spacial score (nSPS) is 14.1. The lowest BCUT2D eigenvalue weighted by atomic mass is 9.78. The fourth-order valence-corrected chi connectivity index (χ4v) is 5.18. The maximum Gasteiger partial charge on any atom is 0.392 e. The summed E-state index contributed by atoms with van der Waals surface area (Å²) in [4.78, 5) is 13.0. The first-order chi connectivity index (χ1) is 23.9. The van der Waals surface area contributed by atoms with Crippen LogP contribution in [0.2, 0.25) is 0 Å². The number of hydrogen-bond donors (Lipinski definition) is 2. The van der Waals surface area contributed by atoms with Gasteiger partial charge in [0.05, 0.1) is 31.5 Å². The zero-order valence-corrected chi connectivity index (χ0v) is 34.9. The van der Waals surface area contributed by atoms with Crippen molar-refractivity contribution in [3.8, 4) is 11.5 Å². The number of hydrogen-bond acceptors (Lipinski definition) is 8. The maximum absolute atomic E-state index is 12.2. The molecule has 3 rings (SSSR count). The Morgan fingerprint density at radius 3 is 1.55 bits per heavy atom. The molecule has 1 aliphatic rings. The van der Waals surface area contributed by atoms with Crippen molar-refractivity contribution in [1.29, 1.82) is 0 Å². The summed E-state index contributed by atoms with van der Waals surface area (Å²) in [7, 11) is -3.28. The van der Waals surface area contributed by atoms with Gasteiger partial charge in [0.15, 0.2) is 0 Å². The molecule has 0 saturated carbocycles. The number of amides is 1. The highest BCUT2D eigenvalue weighted by Crippen LogP contribution is 2.33. The van der Waals surface area contributed by atoms with Gasteiger partial charge in [-0.05, 0) is 104 Å². The first-order valence-corrected chi connectivity index (χ1v) is 19.4. The van der Waals surface area contributed by atoms with Gasteiger partial charge in [-0.1, -0.05) is 51.6 Å². The molecule has 1 unspecified atom stereocenters. The van der Waals surface area contributed by atoms with E-state index in [1.807, 2.05) is 64.1 Å². The van der Waals surface area contributed by atoms with Crippen LogP contribution in [0.3, 0.4) is 0 Å². The van der Waals surface area contributed by atoms with E-state index in [1.54, 1.807) is 32.9 Å². The molecule has 9 nitrogen and oxygen atoms in total. The predicted molar refractivity (Wildman–Crippen MR) is 208 cm³/mol. The van der Waals surface area contributed by atoms with Gasteiger partial charge in [-0.2, -0.15) is 21.6 Å². The molecular formula is C40H65F3N2O7S. The Kier molecular flexibility index (Phi) is 19.8. The number of alkyl halides is 3. The number of carbonyl (C=O) groups is 1. The third-order valence-corrected chi connectivity index (χ3v) is 7.94. The van der Waals surface area contributed by atoms with Gasteiger partial charge in [-0.15, -0.1) is 0 Å². The van der Waals surface area contributed by atoms with E-state index in [1.165, 1.54) is 19.2 Å². The van der Waals surface area contributed by atoms with Gasteiger partial charge in [0.1, 0.15) is 11.5 Å². The lowest BCUT2D eigenvalue weighted by molar-refractivity contribution is -0.139. The number of carbonyl (C=O) groups excluding carboxylic acids is 1. The van der Waals surface area contributed by atoms with Crippen LogP contribution in [-0.4, -0.2) is 86.4 Å². The molecule has 1 atom stereocenters. The molecule has 2 aromatic carbocycles. The van der Waals surface area contributed by atoms with Crippen LogP contribution in [-0.2, 0) is 24.5 Å². The summed E-state index contributed by atoms with van der Waals surface area (Å²) >= 11 is 0. The van der Waals surface area contributed by atoms with Crippen LogP contribution < -0.4 is 14.8 Å². The minimum Gasteiger partial charge on any atom is -0.493 e. The number of aliphatic hydroxyl groups is 1. The quantitative estimate of drug-likeness (QED) is 0.133. The van der Waals surface area contributed by atoms with Crippen LogP contribution in [0.1, 0.15) is 101 Å². The number of halogens is 3. The molecule has 2 N–H and O–H groups in total. The monoisotopic (exact) mass is 774 g/mol. The number of nitrogens with zero attached hydrogens (tertiary/aromatic N) is 1. The van der Waals surface area contributed by atoms with Crippen molar-refractivity contribution in [3.63, 3.8) is 0 Å². The van der Waals surface area contributed by atoms with Crippen molar-refractivity contribution in [2.24, 2.45) is 5.92 Å².